The van der Waals surface area contributed by atoms with Crippen LogP contribution in [0.3, 0.4) is 0 Å². The molecule has 1 aromatic rings. The van der Waals surface area contributed by atoms with Crippen LogP contribution in [0.15, 0.2) is 0 Å². The van der Waals surface area contributed by atoms with Crippen LogP contribution in [0.4, 0.5) is 0 Å². The molecule has 0 aromatic carbocycles. The first-order valence-corrected chi connectivity index (χ1v) is 8.61. The van der Waals surface area contributed by atoms with Crippen molar-refractivity contribution in [2.24, 2.45) is 5.92 Å². The molecule has 2 rings (SSSR count). The fourth-order valence-electron chi connectivity index (χ4n) is 3.11. The smallest absolute Gasteiger partial charge is 0.113 e. The van der Waals surface area contributed by atoms with Crippen LogP contribution >= 0.6 is 11.3 Å². The van der Waals surface area contributed by atoms with E-state index in [1.54, 1.807) is 7.11 Å². The van der Waals surface area contributed by atoms with E-state index in [2.05, 4.69) is 26.1 Å². The molecule has 114 valence electrons. The zero-order chi connectivity index (χ0) is 14.6. The molecule has 1 aliphatic carbocycles. The Hall–Kier alpha value is -0.450. The van der Waals surface area contributed by atoms with E-state index in [9.17, 15) is 0 Å². The first-order chi connectivity index (χ1) is 9.61. The van der Waals surface area contributed by atoms with Gasteiger partial charge in [0.2, 0.25) is 0 Å². The molecular weight excluding hydrogens is 268 g/mol. The Balaban J connectivity index is 2.16. The molecule has 1 aromatic heterocycles. The summed E-state index contributed by atoms with van der Waals surface area (Å²) < 4.78 is 5.21. The molecule has 1 N–H and O–H groups in total. The van der Waals surface area contributed by atoms with Crippen LogP contribution < -0.4 is 5.32 Å². The highest BCUT2D eigenvalue weighted by molar-refractivity contribution is 7.11. The summed E-state index contributed by atoms with van der Waals surface area (Å²) in [7, 11) is 1.76. The van der Waals surface area contributed by atoms with E-state index in [1.165, 1.54) is 47.7 Å². The van der Waals surface area contributed by atoms with Gasteiger partial charge in [-0.15, -0.1) is 11.3 Å². The van der Waals surface area contributed by atoms with Gasteiger partial charge in [-0.3, -0.25) is 0 Å². The summed E-state index contributed by atoms with van der Waals surface area (Å²) in [5, 5.41) is 5.05. The lowest BCUT2D eigenvalue weighted by molar-refractivity contribution is 0.149. The molecule has 0 radical (unpaired) electrons. The summed E-state index contributed by atoms with van der Waals surface area (Å²) in [6.07, 6.45) is 6.36. The molecule has 0 unspecified atom stereocenters. The molecule has 0 amide bonds. The van der Waals surface area contributed by atoms with Crippen LogP contribution in [0.25, 0.3) is 0 Å². The van der Waals surface area contributed by atoms with Gasteiger partial charge in [0.05, 0.1) is 17.8 Å². The fraction of sp³-hybridized carbons (Fsp3) is 0.812. The summed E-state index contributed by atoms with van der Waals surface area (Å²) in [5.74, 6) is 0.898. The third-order valence-electron chi connectivity index (χ3n) is 4.74. The van der Waals surface area contributed by atoms with Gasteiger partial charge in [0, 0.05) is 18.5 Å². The van der Waals surface area contributed by atoms with Crippen molar-refractivity contribution in [3.63, 3.8) is 0 Å². The Kier molecular flexibility index (Phi) is 5.58. The zero-order valence-corrected chi connectivity index (χ0v) is 14.1. The number of nitrogens with zero attached hydrogens (tertiary/aromatic N) is 1. The number of nitrogens with one attached hydrogen (secondary N) is 1. The highest BCUT2D eigenvalue weighted by Crippen LogP contribution is 2.42. The van der Waals surface area contributed by atoms with Crippen LogP contribution in [0, 0.1) is 19.8 Å². The predicted molar refractivity (Wildman–Crippen MR) is 85.4 cm³/mol. The third kappa shape index (κ3) is 3.41. The number of thiazole rings is 1. The SMILES string of the molecule is CCC1CCC(NCCOC)(c2nc(C)c(C)s2)CC1. The Bertz CT molecular complexity index is 397. The number of rotatable bonds is 6. The van der Waals surface area contributed by atoms with Crippen LogP contribution in [-0.2, 0) is 10.3 Å². The van der Waals surface area contributed by atoms with Crippen molar-refractivity contribution in [1.29, 1.82) is 0 Å². The van der Waals surface area contributed by atoms with Gasteiger partial charge in [-0.1, -0.05) is 13.3 Å². The Morgan fingerprint density at radius 3 is 2.55 bits per heavy atom. The third-order valence-corrected chi connectivity index (χ3v) is 6.02. The summed E-state index contributed by atoms with van der Waals surface area (Å²) in [5.41, 5.74) is 1.28. The normalized spacial score (nSPS) is 26.9. The van der Waals surface area contributed by atoms with Gasteiger partial charge in [-0.25, -0.2) is 4.98 Å². The highest BCUT2D eigenvalue weighted by Gasteiger charge is 2.38. The molecule has 0 bridgehead atoms. The minimum atomic E-state index is 0.0912. The van der Waals surface area contributed by atoms with Crippen LogP contribution in [0.5, 0.6) is 0 Å². The lowest BCUT2D eigenvalue weighted by Crippen LogP contribution is -2.46. The van der Waals surface area contributed by atoms with Crippen molar-refractivity contribution in [3.05, 3.63) is 15.6 Å². The zero-order valence-electron chi connectivity index (χ0n) is 13.3. The molecule has 0 atom stereocenters. The molecule has 0 aliphatic heterocycles. The lowest BCUT2D eigenvalue weighted by Gasteiger charge is -2.39. The van der Waals surface area contributed by atoms with Crippen LogP contribution in [-0.4, -0.2) is 25.2 Å². The Morgan fingerprint density at radius 1 is 1.35 bits per heavy atom. The maximum Gasteiger partial charge on any atom is 0.113 e. The summed E-state index contributed by atoms with van der Waals surface area (Å²) in [6.45, 7) is 8.29. The van der Waals surface area contributed by atoms with E-state index in [0.29, 0.717) is 0 Å². The first kappa shape index (κ1) is 15.9. The monoisotopic (exact) mass is 296 g/mol. The summed E-state index contributed by atoms with van der Waals surface area (Å²) in [4.78, 5) is 6.20. The number of aromatic nitrogens is 1. The van der Waals surface area contributed by atoms with E-state index in [0.717, 1.165) is 19.1 Å². The molecule has 4 heteroatoms. The standard InChI is InChI=1S/C16H28N2OS/c1-5-14-6-8-16(9-7-14,17-10-11-19-4)15-18-12(2)13(3)20-15/h14,17H,5-11H2,1-4H3. The van der Waals surface area contributed by atoms with E-state index in [-0.39, 0.29) is 5.54 Å². The number of methoxy groups -OCH3 is 1. The van der Waals surface area contributed by atoms with Gasteiger partial charge >= 0.3 is 0 Å². The van der Waals surface area contributed by atoms with Crippen molar-refractivity contribution in [2.45, 2.75) is 58.4 Å². The Morgan fingerprint density at radius 2 is 2.05 bits per heavy atom. The molecule has 1 fully saturated rings. The van der Waals surface area contributed by atoms with E-state index in [1.807, 2.05) is 11.3 Å². The van der Waals surface area contributed by atoms with Crippen molar-refractivity contribution >= 4 is 11.3 Å². The summed E-state index contributed by atoms with van der Waals surface area (Å²) in [6, 6.07) is 0. The minimum Gasteiger partial charge on any atom is -0.383 e. The topological polar surface area (TPSA) is 34.1 Å². The van der Waals surface area contributed by atoms with Crippen molar-refractivity contribution in [2.75, 3.05) is 20.3 Å². The summed E-state index contributed by atoms with van der Waals surface area (Å²) >= 11 is 1.87. The second-order valence-corrected chi connectivity index (χ2v) is 7.22. The van der Waals surface area contributed by atoms with Crippen LogP contribution in [0.2, 0.25) is 0 Å². The maximum atomic E-state index is 5.21. The average Bonchev–Trinajstić information content (AvgIpc) is 2.80. The number of ether oxygens (including phenoxy) is 1. The quantitative estimate of drug-likeness (QED) is 0.811. The lowest BCUT2D eigenvalue weighted by atomic mass is 9.76. The van der Waals surface area contributed by atoms with Gasteiger partial charge < -0.3 is 10.1 Å². The number of aryl methyl sites for hydroxylation is 2. The fourth-order valence-corrected chi connectivity index (χ4v) is 4.25. The molecule has 1 saturated carbocycles. The van der Waals surface area contributed by atoms with Gasteiger partial charge in [-0.2, -0.15) is 0 Å². The largest absolute Gasteiger partial charge is 0.383 e. The van der Waals surface area contributed by atoms with Gasteiger partial charge in [0.1, 0.15) is 5.01 Å². The number of hydrogen-bond acceptors (Lipinski definition) is 4. The van der Waals surface area contributed by atoms with Crippen molar-refractivity contribution in [3.8, 4) is 0 Å². The molecule has 0 spiro atoms. The number of hydrogen-bond donors (Lipinski definition) is 1. The Labute approximate surface area is 127 Å². The molecule has 1 heterocycles. The highest BCUT2D eigenvalue weighted by atomic mass is 32.1. The van der Waals surface area contributed by atoms with Gasteiger partial charge in [-0.05, 0) is 45.4 Å². The van der Waals surface area contributed by atoms with E-state index in [4.69, 9.17) is 9.72 Å². The van der Waals surface area contributed by atoms with Crippen molar-refractivity contribution in [1.82, 2.24) is 10.3 Å². The second kappa shape index (κ2) is 7.01. The van der Waals surface area contributed by atoms with E-state index < -0.39 is 0 Å². The molecule has 1 aliphatic rings. The molecular formula is C16H28N2OS. The van der Waals surface area contributed by atoms with Gasteiger partial charge in [0.25, 0.3) is 0 Å². The van der Waals surface area contributed by atoms with Crippen molar-refractivity contribution < 1.29 is 4.74 Å². The second-order valence-electron chi connectivity index (χ2n) is 6.01. The maximum absolute atomic E-state index is 5.21. The first-order valence-electron chi connectivity index (χ1n) is 7.79. The minimum absolute atomic E-state index is 0.0912. The molecule has 20 heavy (non-hydrogen) atoms. The average molecular weight is 296 g/mol. The molecule has 0 saturated heterocycles. The molecule has 3 nitrogen and oxygen atoms in total. The van der Waals surface area contributed by atoms with Gasteiger partial charge in [0.15, 0.2) is 0 Å². The van der Waals surface area contributed by atoms with E-state index >= 15 is 0 Å². The predicted octanol–water partition coefficient (Wildman–Crippen LogP) is 3.79. The van der Waals surface area contributed by atoms with Crippen LogP contribution in [0.1, 0.15) is 54.6 Å².